The van der Waals surface area contributed by atoms with Crippen LogP contribution in [0.5, 0.6) is 5.75 Å². The molecule has 0 aromatic heterocycles. The first-order valence-corrected chi connectivity index (χ1v) is 10.7. The van der Waals surface area contributed by atoms with Crippen molar-refractivity contribution in [2.75, 3.05) is 12.4 Å². The van der Waals surface area contributed by atoms with Crippen molar-refractivity contribution in [3.63, 3.8) is 0 Å². The first kappa shape index (κ1) is 22.8. The van der Waals surface area contributed by atoms with Crippen LogP contribution in [0.3, 0.4) is 0 Å². The van der Waals surface area contributed by atoms with Gasteiger partial charge < -0.3 is 10.1 Å². The normalized spacial score (nSPS) is 11.0. The summed E-state index contributed by atoms with van der Waals surface area (Å²) in [5.41, 5.74) is 7.35. The van der Waals surface area contributed by atoms with Gasteiger partial charge in [0, 0.05) is 12.1 Å². The Labute approximate surface area is 190 Å². The highest BCUT2D eigenvalue weighted by Crippen LogP contribution is 2.25. The zero-order chi connectivity index (χ0) is 23.1. The SMILES string of the molecule is CCc1ccc(NC(=O)/C(C#N)=C/c2ccc(Cc3cc(C)cc(C)c3)c(OC)c2)cc1. The van der Waals surface area contributed by atoms with Gasteiger partial charge in [-0.1, -0.05) is 60.5 Å². The highest BCUT2D eigenvalue weighted by atomic mass is 16.5. The van der Waals surface area contributed by atoms with E-state index in [1.54, 1.807) is 13.2 Å². The number of amides is 1. The van der Waals surface area contributed by atoms with Gasteiger partial charge in [-0.05, 0) is 66.8 Å². The summed E-state index contributed by atoms with van der Waals surface area (Å²) in [6.07, 6.45) is 3.26. The molecule has 0 bridgehead atoms. The molecule has 0 heterocycles. The van der Waals surface area contributed by atoms with Crippen LogP contribution in [0.25, 0.3) is 6.08 Å². The largest absolute Gasteiger partial charge is 0.496 e. The van der Waals surface area contributed by atoms with Crippen LogP contribution in [0, 0.1) is 25.2 Å². The molecule has 0 atom stereocenters. The Bertz CT molecular complexity index is 1160. The number of nitriles is 1. The number of carbonyl (C=O) groups is 1. The molecule has 4 nitrogen and oxygen atoms in total. The number of nitrogens with one attached hydrogen (secondary N) is 1. The highest BCUT2D eigenvalue weighted by Gasteiger charge is 2.11. The first-order valence-electron chi connectivity index (χ1n) is 10.7. The molecule has 3 rings (SSSR count). The van der Waals surface area contributed by atoms with E-state index < -0.39 is 5.91 Å². The number of hydrogen-bond acceptors (Lipinski definition) is 3. The zero-order valence-corrected chi connectivity index (χ0v) is 19.0. The van der Waals surface area contributed by atoms with Gasteiger partial charge in [-0.3, -0.25) is 4.79 Å². The third kappa shape index (κ3) is 5.86. The minimum absolute atomic E-state index is 0.0358. The molecule has 0 spiro atoms. The second kappa shape index (κ2) is 10.5. The van der Waals surface area contributed by atoms with E-state index in [1.165, 1.54) is 22.3 Å². The summed E-state index contributed by atoms with van der Waals surface area (Å²) in [6, 6.07) is 21.9. The lowest BCUT2D eigenvalue weighted by molar-refractivity contribution is -0.112. The molecular formula is C28H28N2O2. The van der Waals surface area contributed by atoms with Crippen molar-refractivity contribution < 1.29 is 9.53 Å². The quantitative estimate of drug-likeness (QED) is 0.373. The minimum Gasteiger partial charge on any atom is -0.496 e. The average Bonchev–Trinajstić information content (AvgIpc) is 2.78. The van der Waals surface area contributed by atoms with Crippen LogP contribution < -0.4 is 10.1 Å². The molecule has 0 unspecified atom stereocenters. The van der Waals surface area contributed by atoms with Gasteiger partial charge in [0.15, 0.2) is 0 Å². The van der Waals surface area contributed by atoms with E-state index in [0.29, 0.717) is 5.69 Å². The Balaban J connectivity index is 1.80. The molecule has 162 valence electrons. The number of nitrogens with zero attached hydrogens (tertiary/aromatic N) is 1. The van der Waals surface area contributed by atoms with E-state index in [1.807, 2.05) is 48.5 Å². The Hall–Kier alpha value is -3.84. The number of aryl methyl sites for hydroxylation is 3. The minimum atomic E-state index is -0.435. The smallest absolute Gasteiger partial charge is 0.266 e. The van der Waals surface area contributed by atoms with Crippen molar-refractivity contribution >= 4 is 17.7 Å². The number of carbonyl (C=O) groups excluding carboxylic acids is 1. The molecule has 0 saturated carbocycles. The molecule has 1 N–H and O–H groups in total. The molecule has 4 heteroatoms. The predicted octanol–water partition coefficient (Wildman–Crippen LogP) is 6.01. The van der Waals surface area contributed by atoms with Gasteiger partial charge in [-0.15, -0.1) is 0 Å². The van der Waals surface area contributed by atoms with E-state index in [9.17, 15) is 10.1 Å². The fraction of sp³-hybridized carbons (Fsp3) is 0.214. The predicted molar refractivity (Wildman–Crippen MR) is 130 cm³/mol. The third-order valence-corrected chi connectivity index (χ3v) is 5.28. The van der Waals surface area contributed by atoms with E-state index >= 15 is 0 Å². The molecule has 0 aliphatic rings. The van der Waals surface area contributed by atoms with Crippen LogP contribution >= 0.6 is 0 Å². The summed E-state index contributed by atoms with van der Waals surface area (Å²) in [5, 5.41) is 12.3. The van der Waals surface area contributed by atoms with Crippen molar-refractivity contribution in [2.24, 2.45) is 0 Å². The van der Waals surface area contributed by atoms with E-state index in [-0.39, 0.29) is 5.57 Å². The highest BCUT2D eigenvalue weighted by molar-refractivity contribution is 6.09. The lowest BCUT2D eigenvalue weighted by Crippen LogP contribution is -2.13. The Morgan fingerprint density at radius 3 is 2.28 bits per heavy atom. The number of methoxy groups -OCH3 is 1. The summed E-state index contributed by atoms with van der Waals surface area (Å²) in [6.45, 7) is 6.26. The van der Waals surface area contributed by atoms with Crippen LogP contribution in [0.15, 0.2) is 66.2 Å². The third-order valence-electron chi connectivity index (χ3n) is 5.28. The maximum Gasteiger partial charge on any atom is 0.266 e. The summed E-state index contributed by atoms with van der Waals surface area (Å²) >= 11 is 0. The average molecular weight is 425 g/mol. The van der Waals surface area contributed by atoms with Gasteiger partial charge >= 0.3 is 0 Å². The molecule has 0 saturated heterocycles. The number of benzene rings is 3. The van der Waals surface area contributed by atoms with Gasteiger partial charge in [0.2, 0.25) is 0 Å². The maximum atomic E-state index is 12.6. The van der Waals surface area contributed by atoms with Gasteiger partial charge in [0.1, 0.15) is 17.4 Å². The number of anilines is 1. The summed E-state index contributed by atoms with van der Waals surface area (Å²) in [4.78, 5) is 12.6. The van der Waals surface area contributed by atoms with Gasteiger partial charge in [-0.25, -0.2) is 0 Å². The summed E-state index contributed by atoms with van der Waals surface area (Å²) in [5.74, 6) is 0.292. The standard InChI is InChI=1S/C28H28N2O2/c1-5-21-7-10-26(11-8-21)30-28(31)25(18-29)15-22-6-9-24(27(17-22)32-4)16-23-13-19(2)12-20(3)14-23/h6-15,17H,5,16H2,1-4H3,(H,30,31)/b25-15+. The molecule has 0 fully saturated rings. The van der Waals surface area contributed by atoms with Gasteiger partial charge in [0.25, 0.3) is 5.91 Å². The van der Waals surface area contributed by atoms with Crippen LogP contribution in [-0.4, -0.2) is 13.0 Å². The second-order valence-electron chi connectivity index (χ2n) is 7.92. The van der Waals surface area contributed by atoms with Crippen molar-refractivity contribution in [1.29, 1.82) is 5.26 Å². The van der Waals surface area contributed by atoms with Crippen molar-refractivity contribution in [1.82, 2.24) is 0 Å². The van der Waals surface area contributed by atoms with Crippen LogP contribution in [0.2, 0.25) is 0 Å². The van der Waals surface area contributed by atoms with Crippen LogP contribution in [-0.2, 0) is 17.6 Å². The van der Waals surface area contributed by atoms with Crippen molar-refractivity contribution in [2.45, 2.75) is 33.6 Å². The maximum absolute atomic E-state index is 12.6. The Morgan fingerprint density at radius 1 is 1.00 bits per heavy atom. The topological polar surface area (TPSA) is 62.1 Å². The number of hydrogen-bond donors (Lipinski definition) is 1. The lowest BCUT2D eigenvalue weighted by Gasteiger charge is -2.11. The molecule has 1 amide bonds. The monoisotopic (exact) mass is 424 g/mol. The zero-order valence-electron chi connectivity index (χ0n) is 19.0. The molecule has 32 heavy (non-hydrogen) atoms. The summed E-state index contributed by atoms with van der Waals surface area (Å²) < 4.78 is 5.60. The van der Waals surface area contributed by atoms with Crippen molar-refractivity contribution in [3.8, 4) is 11.8 Å². The fourth-order valence-corrected chi connectivity index (χ4v) is 3.73. The summed E-state index contributed by atoms with van der Waals surface area (Å²) in [7, 11) is 1.63. The van der Waals surface area contributed by atoms with E-state index in [0.717, 1.165) is 29.7 Å². The molecule has 3 aromatic carbocycles. The molecular weight excluding hydrogens is 396 g/mol. The first-order chi connectivity index (χ1) is 15.4. The molecule has 0 radical (unpaired) electrons. The molecule has 0 aliphatic heterocycles. The van der Waals surface area contributed by atoms with Crippen LogP contribution in [0.4, 0.5) is 5.69 Å². The Morgan fingerprint density at radius 2 is 1.69 bits per heavy atom. The number of ether oxygens (including phenoxy) is 1. The number of rotatable bonds is 7. The Kier molecular flexibility index (Phi) is 7.46. The van der Waals surface area contributed by atoms with Gasteiger partial charge in [-0.2, -0.15) is 5.26 Å². The molecule has 0 aliphatic carbocycles. The fourth-order valence-electron chi connectivity index (χ4n) is 3.73. The van der Waals surface area contributed by atoms with E-state index in [4.69, 9.17) is 4.74 Å². The van der Waals surface area contributed by atoms with Crippen molar-refractivity contribution in [3.05, 3.63) is 99.6 Å². The van der Waals surface area contributed by atoms with Gasteiger partial charge in [0.05, 0.1) is 7.11 Å². The second-order valence-corrected chi connectivity index (χ2v) is 7.92. The lowest BCUT2D eigenvalue weighted by atomic mass is 9.98. The van der Waals surface area contributed by atoms with E-state index in [2.05, 4.69) is 44.3 Å². The molecule has 3 aromatic rings. The van der Waals surface area contributed by atoms with Crippen LogP contribution in [0.1, 0.15) is 40.3 Å².